The molecule has 1 saturated heterocycles. The van der Waals surface area contributed by atoms with Crippen LogP contribution in [-0.4, -0.2) is 36.5 Å². The van der Waals surface area contributed by atoms with Gasteiger partial charge in [0.05, 0.1) is 6.54 Å². The number of Topliss-reactive ketones (excluding diaryl/α,β-unsaturated/α-hetero) is 1. The largest absolute Gasteiger partial charge is 0.445 e. The Morgan fingerprint density at radius 1 is 1.75 bits per heavy atom. The van der Waals surface area contributed by atoms with E-state index in [-0.39, 0.29) is 18.9 Å². The number of rotatable bonds is 2. The summed E-state index contributed by atoms with van der Waals surface area (Å²) in [4.78, 5) is 23.2. The molecule has 0 radical (unpaired) electrons. The second kappa shape index (κ2) is 3.90. The Hall–Kier alpha value is -1.32. The van der Waals surface area contributed by atoms with E-state index in [1.165, 1.54) is 11.0 Å². The first-order chi connectivity index (χ1) is 5.74. The molecule has 1 heterocycles. The van der Waals surface area contributed by atoms with Crippen molar-refractivity contribution in [2.75, 3.05) is 19.7 Å². The minimum atomic E-state index is -0.430. The summed E-state index contributed by atoms with van der Waals surface area (Å²) in [6.07, 6.45) is 1.51. The van der Waals surface area contributed by atoms with E-state index < -0.39 is 6.09 Å². The van der Waals surface area contributed by atoms with E-state index in [0.29, 0.717) is 13.0 Å². The summed E-state index contributed by atoms with van der Waals surface area (Å²) in [5, 5.41) is 0. The second-order valence-electron chi connectivity index (χ2n) is 2.58. The van der Waals surface area contributed by atoms with Crippen molar-refractivity contribution in [3.05, 3.63) is 12.7 Å². The lowest BCUT2D eigenvalue weighted by Gasteiger charge is -2.12. The number of amides is 1. The van der Waals surface area contributed by atoms with Crippen molar-refractivity contribution >= 4 is 11.9 Å². The molecule has 66 valence electrons. The SMILES string of the molecule is C=CCOC(=O)N1CCC(=O)C1. The maximum Gasteiger partial charge on any atom is 0.410 e. The summed E-state index contributed by atoms with van der Waals surface area (Å²) in [5.41, 5.74) is 0. The molecule has 0 N–H and O–H groups in total. The van der Waals surface area contributed by atoms with Crippen molar-refractivity contribution in [2.24, 2.45) is 0 Å². The van der Waals surface area contributed by atoms with Crippen molar-refractivity contribution < 1.29 is 14.3 Å². The monoisotopic (exact) mass is 169 g/mol. The van der Waals surface area contributed by atoms with Gasteiger partial charge in [-0.25, -0.2) is 4.79 Å². The van der Waals surface area contributed by atoms with Crippen LogP contribution < -0.4 is 0 Å². The number of ketones is 1. The summed E-state index contributed by atoms with van der Waals surface area (Å²) in [6, 6.07) is 0. The first-order valence-electron chi connectivity index (χ1n) is 3.78. The Morgan fingerprint density at radius 2 is 2.50 bits per heavy atom. The third-order valence-corrected chi connectivity index (χ3v) is 1.61. The number of hydrogen-bond donors (Lipinski definition) is 0. The number of nitrogens with zero attached hydrogens (tertiary/aromatic N) is 1. The van der Waals surface area contributed by atoms with Gasteiger partial charge in [-0.1, -0.05) is 12.7 Å². The Kier molecular flexibility index (Phi) is 2.85. The molecule has 0 bridgehead atoms. The average Bonchev–Trinajstić information content (AvgIpc) is 2.47. The third kappa shape index (κ3) is 2.08. The first kappa shape index (κ1) is 8.77. The minimum absolute atomic E-state index is 0.0885. The van der Waals surface area contributed by atoms with E-state index in [4.69, 9.17) is 4.74 Å². The van der Waals surface area contributed by atoms with Crippen LogP contribution in [0.15, 0.2) is 12.7 Å². The van der Waals surface area contributed by atoms with Gasteiger partial charge in [0, 0.05) is 13.0 Å². The van der Waals surface area contributed by atoms with Crippen molar-refractivity contribution in [3.63, 3.8) is 0 Å². The molecule has 0 aromatic heterocycles. The topological polar surface area (TPSA) is 46.6 Å². The van der Waals surface area contributed by atoms with Crippen molar-refractivity contribution in [3.8, 4) is 0 Å². The van der Waals surface area contributed by atoms with Gasteiger partial charge in [0.15, 0.2) is 5.78 Å². The van der Waals surface area contributed by atoms with Crippen LogP contribution in [0.2, 0.25) is 0 Å². The fourth-order valence-corrected chi connectivity index (χ4v) is 1.01. The van der Waals surface area contributed by atoms with Crippen LogP contribution in [0.25, 0.3) is 0 Å². The van der Waals surface area contributed by atoms with Crippen LogP contribution >= 0.6 is 0 Å². The van der Waals surface area contributed by atoms with Crippen molar-refractivity contribution in [2.45, 2.75) is 6.42 Å². The predicted octanol–water partition coefficient (Wildman–Crippen LogP) is 0.584. The Balaban J connectivity index is 2.32. The molecule has 4 heteroatoms. The van der Waals surface area contributed by atoms with Gasteiger partial charge in [-0.3, -0.25) is 4.79 Å². The van der Waals surface area contributed by atoms with Gasteiger partial charge in [0.1, 0.15) is 6.61 Å². The Labute approximate surface area is 70.8 Å². The lowest BCUT2D eigenvalue weighted by Crippen LogP contribution is -2.29. The van der Waals surface area contributed by atoms with Crippen LogP contribution in [-0.2, 0) is 9.53 Å². The summed E-state index contributed by atoms with van der Waals surface area (Å²) >= 11 is 0. The number of hydrogen-bond acceptors (Lipinski definition) is 3. The van der Waals surface area contributed by atoms with E-state index in [1.54, 1.807) is 0 Å². The number of carbonyl (C=O) groups is 2. The summed E-state index contributed by atoms with van der Waals surface area (Å²) in [5.74, 6) is 0.0885. The zero-order chi connectivity index (χ0) is 8.97. The molecule has 0 aromatic rings. The van der Waals surface area contributed by atoms with Crippen LogP contribution in [0.4, 0.5) is 4.79 Å². The van der Waals surface area contributed by atoms with Crippen molar-refractivity contribution in [1.29, 1.82) is 0 Å². The van der Waals surface area contributed by atoms with Gasteiger partial charge in [-0.2, -0.15) is 0 Å². The van der Waals surface area contributed by atoms with Gasteiger partial charge in [-0.15, -0.1) is 0 Å². The molecule has 0 aliphatic carbocycles. The van der Waals surface area contributed by atoms with Gasteiger partial charge < -0.3 is 9.64 Å². The van der Waals surface area contributed by atoms with Crippen LogP contribution in [0, 0.1) is 0 Å². The van der Waals surface area contributed by atoms with E-state index in [0.717, 1.165) is 0 Å². The minimum Gasteiger partial charge on any atom is -0.445 e. The van der Waals surface area contributed by atoms with E-state index in [9.17, 15) is 9.59 Å². The molecule has 1 rings (SSSR count). The number of likely N-dealkylation sites (tertiary alicyclic amines) is 1. The van der Waals surface area contributed by atoms with Gasteiger partial charge >= 0.3 is 6.09 Å². The Morgan fingerprint density at radius 3 is 3.00 bits per heavy atom. The van der Waals surface area contributed by atoms with Crippen LogP contribution in [0.1, 0.15) is 6.42 Å². The van der Waals surface area contributed by atoms with Gasteiger partial charge in [-0.05, 0) is 0 Å². The van der Waals surface area contributed by atoms with E-state index in [2.05, 4.69) is 6.58 Å². The highest BCUT2D eigenvalue weighted by Crippen LogP contribution is 2.05. The predicted molar refractivity (Wildman–Crippen MR) is 42.7 cm³/mol. The molecule has 1 fully saturated rings. The zero-order valence-corrected chi connectivity index (χ0v) is 6.78. The van der Waals surface area contributed by atoms with Gasteiger partial charge in [0.25, 0.3) is 0 Å². The maximum atomic E-state index is 11.1. The standard InChI is InChI=1S/C8H11NO3/c1-2-5-12-8(11)9-4-3-7(10)6-9/h2H,1,3-6H2. The van der Waals surface area contributed by atoms with Gasteiger partial charge in [0.2, 0.25) is 0 Å². The summed E-state index contributed by atoms with van der Waals surface area (Å²) in [7, 11) is 0. The first-order valence-corrected chi connectivity index (χ1v) is 3.78. The molecule has 0 atom stereocenters. The molecule has 0 saturated carbocycles. The second-order valence-corrected chi connectivity index (χ2v) is 2.58. The molecule has 1 aliphatic heterocycles. The van der Waals surface area contributed by atoms with Crippen LogP contribution in [0.3, 0.4) is 0 Å². The molecule has 4 nitrogen and oxygen atoms in total. The highest BCUT2D eigenvalue weighted by atomic mass is 16.6. The summed E-state index contributed by atoms with van der Waals surface area (Å²) < 4.78 is 4.74. The van der Waals surface area contributed by atoms with Crippen LogP contribution in [0.5, 0.6) is 0 Å². The molecular weight excluding hydrogens is 158 g/mol. The fourth-order valence-electron chi connectivity index (χ4n) is 1.01. The number of carbonyl (C=O) groups excluding carboxylic acids is 2. The normalized spacial score (nSPS) is 16.3. The lowest BCUT2D eigenvalue weighted by molar-refractivity contribution is -0.116. The van der Waals surface area contributed by atoms with E-state index >= 15 is 0 Å². The highest BCUT2D eigenvalue weighted by Gasteiger charge is 2.24. The fraction of sp³-hybridized carbons (Fsp3) is 0.500. The molecule has 0 spiro atoms. The Bertz CT molecular complexity index is 212. The highest BCUT2D eigenvalue weighted by molar-refractivity contribution is 5.87. The third-order valence-electron chi connectivity index (χ3n) is 1.61. The van der Waals surface area contributed by atoms with Crippen molar-refractivity contribution in [1.82, 2.24) is 4.90 Å². The molecule has 0 aromatic carbocycles. The lowest BCUT2D eigenvalue weighted by atomic mass is 10.4. The average molecular weight is 169 g/mol. The molecule has 1 amide bonds. The quantitative estimate of drug-likeness (QED) is 0.568. The molecule has 0 unspecified atom stereocenters. The maximum absolute atomic E-state index is 11.1. The number of ether oxygens (including phenoxy) is 1. The summed E-state index contributed by atoms with van der Waals surface area (Å²) in [6.45, 7) is 4.28. The molecular formula is C8H11NO3. The smallest absolute Gasteiger partial charge is 0.410 e. The zero-order valence-electron chi connectivity index (χ0n) is 6.78. The van der Waals surface area contributed by atoms with E-state index in [1.807, 2.05) is 0 Å². The molecule has 12 heavy (non-hydrogen) atoms. The molecule has 1 aliphatic rings.